The van der Waals surface area contributed by atoms with Crippen LogP contribution in [0.15, 0.2) is 12.2 Å². The Balaban J connectivity index is 2.08. The summed E-state index contributed by atoms with van der Waals surface area (Å²) in [7, 11) is 0. The van der Waals surface area contributed by atoms with E-state index < -0.39 is 0 Å². The summed E-state index contributed by atoms with van der Waals surface area (Å²) in [5.41, 5.74) is 0.821. The molecule has 17 heavy (non-hydrogen) atoms. The van der Waals surface area contributed by atoms with E-state index in [1.54, 1.807) is 0 Å². The molecule has 4 heteroatoms. The van der Waals surface area contributed by atoms with Crippen LogP contribution >= 0.6 is 12.6 Å². The van der Waals surface area contributed by atoms with Crippen molar-refractivity contribution < 1.29 is 9.59 Å². The highest BCUT2D eigenvalue weighted by atomic mass is 32.1. The first-order valence-electron chi connectivity index (χ1n) is 6.21. The molecule has 2 atom stereocenters. The number of thiol groups is 1. The molecule has 2 aliphatic rings. The smallest absolute Gasteiger partial charge is 0.233 e. The molecule has 2 unspecified atom stereocenters. The van der Waals surface area contributed by atoms with Gasteiger partial charge >= 0.3 is 0 Å². The number of amides is 2. The minimum atomic E-state index is -0.0554. The molecular formula is C13H19NO2S. The predicted molar refractivity (Wildman–Crippen MR) is 69.7 cm³/mol. The van der Waals surface area contributed by atoms with Crippen molar-refractivity contribution in [3.63, 3.8) is 0 Å². The molecular weight excluding hydrogens is 234 g/mol. The molecule has 1 saturated heterocycles. The molecule has 0 radical (unpaired) electrons. The van der Waals surface area contributed by atoms with Crippen LogP contribution in [-0.4, -0.2) is 29.0 Å². The Hall–Kier alpha value is -0.770. The van der Waals surface area contributed by atoms with Gasteiger partial charge in [-0.05, 0) is 24.3 Å². The van der Waals surface area contributed by atoms with Crippen LogP contribution in [0.3, 0.4) is 0 Å². The second kappa shape index (κ2) is 4.84. The fourth-order valence-electron chi connectivity index (χ4n) is 2.96. The maximum absolute atomic E-state index is 12.1. The van der Waals surface area contributed by atoms with Gasteiger partial charge in [0.15, 0.2) is 0 Å². The van der Waals surface area contributed by atoms with E-state index in [1.165, 1.54) is 4.90 Å². The zero-order chi connectivity index (χ0) is 12.6. The number of carbonyl (C=O) groups is 2. The monoisotopic (exact) mass is 253 g/mol. The molecule has 2 amide bonds. The van der Waals surface area contributed by atoms with Gasteiger partial charge in [-0.1, -0.05) is 19.9 Å². The SMILES string of the molecule is C=C(CS)CN1C(=O)C2CC(CC)CC2C1=O. The van der Waals surface area contributed by atoms with Crippen LogP contribution in [-0.2, 0) is 9.59 Å². The van der Waals surface area contributed by atoms with Gasteiger partial charge in [0, 0.05) is 5.75 Å². The lowest BCUT2D eigenvalue weighted by molar-refractivity contribution is -0.140. The van der Waals surface area contributed by atoms with Gasteiger partial charge in [0.2, 0.25) is 11.8 Å². The molecule has 1 heterocycles. The van der Waals surface area contributed by atoms with Crippen LogP contribution in [0.25, 0.3) is 0 Å². The lowest BCUT2D eigenvalue weighted by atomic mass is 10.00. The van der Waals surface area contributed by atoms with Crippen LogP contribution in [0.2, 0.25) is 0 Å². The molecule has 2 fully saturated rings. The third kappa shape index (κ3) is 2.15. The van der Waals surface area contributed by atoms with Crippen molar-refractivity contribution in [2.24, 2.45) is 17.8 Å². The summed E-state index contributed by atoms with van der Waals surface area (Å²) in [6, 6.07) is 0. The molecule has 1 aliphatic carbocycles. The first-order valence-corrected chi connectivity index (χ1v) is 6.84. The van der Waals surface area contributed by atoms with Gasteiger partial charge in [-0.25, -0.2) is 0 Å². The number of carbonyl (C=O) groups excluding carboxylic acids is 2. The minimum Gasteiger partial charge on any atom is -0.278 e. The quantitative estimate of drug-likeness (QED) is 0.472. The molecule has 0 aromatic heterocycles. The summed E-state index contributed by atoms with van der Waals surface area (Å²) >= 11 is 4.11. The molecule has 1 aliphatic heterocycles. The van der Waals surface area contributed by atoms with Gasteiger partial charge in [-0.15, -0.1) is 0 Å². The molecule has 3 nitrogen and oxygen atoms in total. The maximum atomic E-state index is 12.1. The Kier molecular flexibility index (Phi) is 3.61. The molecule has 2 rings (SSSR count). The van der Waals surface area contributed by atoms with Gasteiger partial charge in [0.05, 0.1) is 18.4 Å². The van der Waals surface area contributed by atoms with Crippen LogP contribution in [0.1, 0.15) is 26.2 Å². The summed E-state index contributed by atoms with van der Waals surface area (Å²) in [6.07, 6.45) is 2.84. The van der Waals surface area contributed by atoms with E-state index in [-0.39, 0.29) is 23.7 Å². The van der Waals surface area contributed by atoms with Crippen LogP contribution in [0, 0.1) is 17.8 Å². The van der Waals surface area contributed by atoms with Gasteiger partial charge < -0.3 is 0 Å². The molecule has 0 aromatic rings. The van der Waals surface area contributed by atoms with Crippen molar-refractivity contribution >= 4 is 24.4 Å². The summed E-state index contributed by atoms with van der Waals surface area (Å²) in [6.45, 7) is 6.29. The van der Waals surface area contributed by atoms with Crippen molar-refractivity contribution in [2.45, 2.75) is 26.2 Å². The molecule has 0 spiro atoms. The number of hydrogen-bond acceptors (Lipinski definition) is 3. The van der Waals surface area contributed by atoms with Gasteiger partial charge in [0.25, 0.3) is 0 Å². The Labute approximate surface area is 108 Å². The van der Waals surface area contributed by atoms with Gasteiger partial charge in [0.1, 0.15) is 0 Å². The van der Waals surface area contributed by atoms with E-state index in [1.807, 2.05) is 0 Å². The number of fused-ring (bicyclic) bond motifs is 1. The predicted octanol–water partition coefficient (Wildman–Crippen LogP) is 1.89. The van der Waals surface area contributed by atoms with Crippen LogP contribution in [0.4, 0.5) is 0 Å². The standard InChI is InChI=1S/C13H19NO2S/c1-3-9-4-10-11(5-9)13(16)14(12(10)15)6-8(2)7-17/h9-11,17H,2-7H2,1H3. The Morgan fingerprint density at radius 2 is 1.88 bits per heavy atom. The van der Waals surface area contributed by atoms with E-state index in [0.29, 0.717) is 18.2 Å². The summed E-state index contributed by atoms with van der Waals surface area (Å²) in [4.78, 5) is 25.7. The van der Waals surface area contributed by atoms with E-state index in [4.69, 9.17) is 0 Å². The second-order valence-electron chi connectivity index (χ2n) is 5.13. The summed E-state index contributed by atoms with van der Waals surface area (Å²) in [5, 5.41) is 0. The molecule has 1 saturated carbocycles. The molecule has 0 bridgehead atoms. The van der Waals surface area contributed by atoms with E-state index in [2.05, 4.69) is 26.1 Å². The van der Waals surface area contributed by atoms with Crippen molar-refractivity contribution in [1.82, 2.24) is 4.90 Å². The maximum Gasteiger partial charge on any atom is 0.233 e. The first kappa shape index (κ1) is 12.7. The van der Waals surface area contributed by atoms with E-state index in [0.717, 1.165) is 24.8 Å². The van der Waals surface area contributed by atoms with Crippen LogP contribution < -0.4 is 0 Å². The lowest BCUT2D eigenvalue weighted by Crippen LogP contribution is -2.34. The summed E-state index contributed by atoms with van der Waals surface area (Å²) < 4.78 is 0. The van der Waals surface area contributed by atoms with Crippen molar-refractivity contribution in [3.8, 4) is 0 Å². The van der Waals surface area contributed by atoms with Crippen LogP contribution in [0.5, 0.6) is 0 Å². The zero-order valence-electron chi connectivity index (χ0n) is 10.2. The zero-order valence-corrected chi connectivity index (χ0v) is 11.1. The Morgan fingerprint density at radius 3 is 2.29 bits per heavy atom. The number of imide groups is 1. The Bertz CT molecular complexity index is 342. The summed E-state index contributed by atoms with van der Waals surface area (Å²) in [5.74, 6) is 0.982. The fraction of sp³-hybridized carbons (Fsp3) is 0.692. The molecule has 94 valence electrons. The second-order valence-corrected chi connectivity index (χ2v) is 5.45. The average molecular weight is 253 g/mol. The van der Waals surface area contributed by atoms with E-state index >= 15 is 0 Å². The number of hydrogen-bond donors (Lipinski definition) is 1. The van der Waals surface area contributed by atoms with E-state index in [9.17, 15) is 9.59 Å². The third-order valence-electron chi connectivity index (χ3n) is 4.01. The first-order chi connectivity index (χ1) is 8.08. The van der Waals surface area contributed by atoms with Crippen molar-refractivity contribution in [1.29, 1.82) is 0 Å². The topological polar surface area (TPSA) is 37.4 Å². The normalized spacial score (nSPS) is 32.1. The average Bonchev–Trinajstić information content (AvgIpc) is 2.85. The molecule has 0 N–H and O–H groups in total. The largest absolute Gasteiger partial charge is 0.278 e. The lowest BCUT2D eigenvalue weighted by Gasteiger charge is -2.17. The highest BCUT2D eigenvalue weighted by molar-refractivity contribution is 7.80. The highest BCUT2D eigenvalue weighted by Gasteiger charge is 2.51. The van der Waals surface area contributed by atoms with Crippen molar-refractivity contribution in [3.05, 3.63) is 12.2 Å². The fourth-order valence-corrected chi connectivity index (χ4v) is 3.06. The van der Waals surface area contributed by atoms with Crippen molar-refractivity contribution in [2.75, 3.05) is 12.3 Å². The number of rotatable bonds is 4. The minimum absolute atomic E-state index is 0.0129. The highest BCUT2D eigenvalue weighted by Crippen LogP contribution is 2.44. The number of likely N-dealkylation sites (tertiary alicyclic amines) is 1. The Morgan fingerprint density at radius 1 is 1.35 bits per heavy atom. The van der Waals surface area contributed by atoms with Gasteiger partial charge in [-0.2, -0.15) is 12.6 Å². The molecule has 0 aromatic carbocycles. The van der Waals surface area contributed by atoms with Gasteiger partial charge in [-0.3, -0.25) is 14.5 Å². The third-order valence-corrected chi connectivity index (χ3v) is 4.46. The number of nitrogens with zero attached hydrogens (tertiary/aromatic N) is 1.